The molecule has 0 saturated heterocycles. The van der Waals surface area contributed by atoms with Crippen molar-refractivity contribution >= 4 is 16.0 Å². The fourth-order valence-corrected chi connectivity index (χ4v) is 5.03. The summed E-state index contributed by atoms with van der Waals surface area (Å²) in [6.07, 6.45) is 1.95. The van der Waals surface area contributed by atoms with E-state index in [4.69, 9.17) is 14.2 Å². The number of halogens is 2. The molecule has 3 heterocycles. The zero-order valence-corrected chi connectivity index (χ0v) is 22.9. The zero-order valence-electron chi connectivity index (χ0n) is 22.1. The van der Waals surface area contributed by atoms with Crippen LogP contribution in [-0.2, 0) is 10.0 Å². The molecule has 4 aromatic rings. The molecule has 1 N–H and O–H groups in total. The molecule has 15 heteroatoms. The molecule has 0 radical (unpaired) electrons. The molecule has 0 amide bonds. The van der Waals surface area contributed by atoms with Crippen LogP contribution < -0.4 is 18.9 Å². The van der Waals surface area contributed by atoms with Crippen molar-refractivity contribution in [2.75, 3.05) is 32.2 Å². The van der Waals surface area contributed by atoms with E-state index in [1.165, 1.54) is 25.7 Å². The average molecular weight is 576 g/mol. The van der Waals surface area contributed by atoms with E-state index >= 15 is 0 Å². The topological polar surface area (TPSA) is 143 Å². The Kier molecular flexibility index (Phi) is 8.72. The third-order valence-corrected chi connectivity index (χ3v) is 7.90. The highest BCUT2D eigenvalue weighted by Crippen LogP contribution is 2.38. The van der Waals surface area contributed by atoms with E-state index in [1.54, 1.807) is 43.3 Å². The summed E-state index contributed by atoms with van der Waals surface area (Å²) in [4.78, 5) is 12.2. The lowest BCUT2D eigenvalue weighted by molar-refractivity contribution is 0.264. The van der Waals surface area contributed by atoms with Crippen molar-refractivity contribution in [3.05, 3.63) is 60.4 Å². The van der Waals surface area contributed by atoms with Crippen molar-refractivity contribution < 1.29 is 31.4 Å². The molecule has 2 atom stereocenters. The molecule has 1 aromatic carbocycles. The first-order valence-electron chi connectivity index (χ1n) is 12.0. The van der Waals surface area contributed by atoms with Gasteiger partial charge in [-0.2, -0.15) is 0 Å². The summed E-state index contributed by atoms with van der Waals surface area (Å²) in [5.74, 6) is -0.465. The van der Waals surface area contributed by atoms with E-state index in [1.807, 2.05) is 0 Å². The zero-order chi connectivity index (χ0) is 28.9. The van der Waals surface area contributed by atoms with E-state index in [-0.39, 0.29) is 35.8 Å². The number of aromatic nitrogens is 6. The highest BCUT2D eigenvalue weighted by Gasteiger charge is 2.32. The van der Waals surface area contributed by atoms with Gasteiger partial charge in [0.2, 0.25) is 21.9 Å². The minimum Gasteiger partial charge on any atom is -0.494 e. The number of nitrogens with zero attached hydrogens (tertiary/aromatic N) is 6. The maximum atomic E-state index is 13.5. The smallest absolute Gasteiger partial charge is 0.243 e. The maximum absolute atomic E-state index is 13.5. The largest absolute Gasteiger partial charge is 0.494 e. The van der Waals surface area contributed by atoms with Crippen LogP contribution in [0.1, 0.15) is 25.6 Å². The molecule has 0 bridgehead atoms. The van der Waals surface area contributed by atoms with E-state index in [0.29, 0.717) is 17.2 Å². The Labute approximate surface area is 229 Å². The molecule has 12 nitrogen and oxygen atoms in total. The van der Waals surface area contributed by atoms with Crippen molar-refractivity contribution in [1.29, 1.82) is 0 Å². The number of rotatable bonds is 12. The molecule has 3 aromatic heterocycles. The van der Waals surface area contributed by atoms with Crippen LogP contribution in [-0.4, -0.2) is 70.9 Å². The van der Waals surface area contributed by atoms with Gasteiger partial charge in [0.15, 0.2) is 11.6 Å². The molecular formula is C25H27F2N7O5S. The van der Waals surface area contributed by atoms with Crippen molar-refractivity contribution in [2.24, 2.45) is 0 Å². The lowest BCUT2D eigenvalue weighted by Crippen LogP contribution is -2.31. The van der Waals surface area contributed by atoms with Crippen LogP contribution in [0.15, 0.2) is 48.8 Å². The second-order valence-corrected chi connectivity index (χ2v) is 10.5. The van der Waals surface area contributed by atoms with Gasteiger partial charge in [-0.05, 0) is 25.1 Å². The van der Waals surface area contributed by atoms with Gasteiger partial charge in [0.25, 0.3) is 0 Å². The van der Waals surface area contributed by atoms with Gasteiger partial charge in [0.05, 0.1) is 31.9 Å². The Morgan fingerprint density at radius 2 is 1.65 bits per heavy atom. The minimum atomic E-state index is -4.14. The number of pyridine rings is 1. The first-order valence-corrected chi connectivity index (χ1v) is 13.6. The number of benzene rings is 1. The SMILES string of the molecule is COc1cccc(OC)c1-n1c(NS(=O)(=O)[C@@H](C)[C@H](C)c2ncc(F)cn2)nnc1-c1cccc(OCCF)n1. The van der Waals surface area contributed by atoms with E-state index < -0.39 is 33.7 Å². The second-order valence-electron chi connectivity index (χ2n) is 8.49. The Morgan fingerprint density at radius 3 is 2.27 bits per heavy atom. The van der Waals surface area contributed by atoms with Crippen molar-refractivity contribution in [3.8, 4) is 34.6 Å². The number of methoxy groups -OCH3 is 2. The lowest BCUT2D eigenvalue weighted by Gasteiger charge is -2.21. The first kappa shape index (κ1) is 28.6. The normalized spacial score (nSPS) is 12.9. The number of hydrogen-bond donors (Lipinski definition) is 1. The molecule has 40 heavy (non-hydrogen) atoms. The Hall–Kier alpha value is -4.40. The highest BCUT2D eigenvalue weighted by molar-refractivity contribution is 7.93. The van der Waals surface area contributed by atoms with Gasteiger partial charge in [-0.15, -0.1) is 10.2 Å². The standard InChI is InChI=1S/C25H27F2N7O5S/c1-15(23-28-13-17(27)14-29-23)16(2)40(35,36)33-25-32-31-24(18-7-5-10-21(30-18)39-12-11-26)34(25)22-19(37-3)8-6-9-20(22)38-4/h5-10,13-16H,11-12H2,1-4H3,(H,32,33)/t15-,16-/m0/s1. The third kappa shape index (κ3) is 5.93. The molecule has 0 spiro atoms. The van der Waals surface area contributed by atoms with Gasteiger partial charge in [-0.1, -0.05) is 19.1 Å². The number of sulfonamides is 1. The summed E-state index contributed by atoms with van der Waals surface area (Å²) in [7, 11) is -1.25. The van der Waals surface area contributed by atoms with Gasteiger partial charge in [-0.25, -0.2) is 32.2 Å². The molecule has 0 aliphatic rings. The average Bonchev–Trinajstić information content (AvgIpc) is 3.37. The van der Waals surface area contributed by atoms with Gasteiger partial charge >= 0.3 is 0 Å². The fraction of sp³-hybridized carbons (Fsp3) is 0.320. The van der Waals surface area contributed by atoms with Crippen LogP contribution >= 0.6 is 0 Å². The Morgan fingerprint density at radius 1 is 1.00 bits per heavy atom. The number of alkyl halides is 1. The molecule has 0 fully saturated rings. The van der Waals surface area contributed by atoms with Crippen LogP contribution in [0.2, 0.25) is 0 Å². The Balaban J connectivity index is 1.82. The lowest BCUT2D eigenvalue weighted by atomic mass is 10.1. The van der Waals surface area contributed by atoms with Crippen LogP contribution in [0.25, 0.3) is 17.2 Å². The van der Waals surface area contributed by atoms with Gasteiger partial charge in [0, 0.05) is 12.0 Å². The molecular weight excluding hydrogens is 548 g/mol. The number of hydrogen-bond acceptors (Lipinski definition) is 10. The summed E-state index contributed by atoms with van der Waals surface area (Å²) in [5, 5.41) is 7.25. The molecule has 0 saturated carbocycles. The maximum Gasteiger partial charge on any atom is 0.243 e. The van der Waals surface area contributed by atoms with Gasteiger partial charge in [0.1, 0.15) is 42.0 Å². The summed E-state index contributed by atoms with van der Waals surface area (Å²) in [5.41, 5.74) is 0.549. The van der Waals surface area contributed by atoms with Crippen LogP contribution in [0.3, 0.4) is 0 Å². The molecule has 0 unspecified atom stereocenters. The van der Waals surface area contributed by atoms with Crippen molar-refractivity contribution in [2.45, 2.75) is 25.0 Å². The van der Waals surface area contributed by atoms with Crippen molar-refractivity contribution in [1.82, 2.24) is 29.7 Å². The molecule has 0 aliphatic carbocycles. The summed E-state index contributed by atoms with van der Waals surface area (Å²) < 4.78 is 73.3. The summed E-state index contributed by atoms with van der Waals surface area (Å²) in [6.45, 7) is 2.19. The van der Waals surface area contributed by atoms with Crippen LogP contribution in [0.4, 0.5) is 14.7 Å². The second kappa shape index (κ2) is 12.2. The van der Waals surface area contributed by atoms with Crippen LogP contribution in [0, 0.1) is 5.82 Å². The number of nitrogens with one attached hydrogen (secondary N) is 1. The van der Waals surface area contributed by atoms with Crippen molar-refractivity contribution in [3.63, 3.8) is 0 Å². The van der Waals surface area contributed by atoms with E-state index in [2.05, 4.69) is 29.9 Å². The highest BCUT2D eigenvalue weighted by atomic mass is 32.2. The minimum absolute atomic E-state index is 0.119. The van der Waals surface area contributed by atoms with Gasteiger partial charge in [-0.3, -0.25) is 9.29 Å². The van der Waals surface area contributed by atoms with E-state index in [9.17, 15) is 17.2 Å². The number of anilines is 1. The quantitative estimate of drug-likeness (QED) is 0.266. The van der Waals surface area contributed by atoms with Crippen LogP contribution in [0.5, 0.6) is 17.4 Å². The summed E-state index contributed by atoms with van der Waals surface area (Å²) >= 11 is 0. The van der Waals surface area contributed by atoms with Gasteiger partial charge < -0.3 is 14.2 Å². The predicted molar refractivity (Wildman–Crippen MR) is 142 cm³/mol. The third-order valence-electron chi connectivity index (χ3n) is 6.04. The molecule has 4 rings (SSSR count). The monoisotopic (exact) mass is 575 g/mol. The first-order chi connectivity index (χ1) is 19.2. The fourth-order valence-electron chi connectivity index (χ4n) is 3.80. The van der Waals surface area contributed by atoms with E-state index in [0.717, 1.165) is 12.4 Å². The molecule has 212 valence electrons. The molecule has 0 aliphatic heterocycles. The summed E-state index contributed by atoms with van der Waals surface area (Å²) in [6, 6.07) is 9.80. The number of para-hydroxylation sites is 1. The predicted octanol–water partition coefficient (Wildman–Crippen LogP) is 3.56. The Bertz CT molecular complexity index is 1550. The number of ether oxygens (including phenoxy) is 3.